The Morgan fingerprint density at radius 3 is 2.94 bits per heavy atom. The number of carbonyl (C=O) groups excluding carboxylic acids is 1. The molecule has 2 heterocycles. The topological polar surface area (TPSA) is 58.1 Å². The largest absolute Gasteiger partial charge is 0.323 e. The average Bonchev–Trinajstić information content (AvgIpc) is 2.37. The average molecular weight is 244 g/mol. The van der Waals surface area contributed by atoms with Crippen LogP contribution in [0.25, 0.3) is 0 Å². The Bertz CT molecular complexity index is 617. The smallest absolute Gasteiger partial charge is 0.244 e. The quantitative estimate of drug-likeness (QED) is 0.776. The lowest BCUT2D eigenvalue weighted by Crippen LogP contribution is -2.35. The zero-order valence-electron chi connectivity index (χ0n) is 9.30. The van der Waals surface area contributed by atoms with Gasteiger partial charge in [0.2, 0.25) is 11.9 Å². The van der Waals surface area contributed by atoms with Gasteiger partial charge in [0, 0.05) is 6.07 Å². The summed E-state index contributed by atoms with van der Waals surface area (Å²) in [7, 11) is 0. The Morgan fingerprint density at radius 1 is 1.28 bits per heavy atom. The van der Waals surface area contributed by atoms with Gasteiger partial charge in [0.05, 0.1) is 11.4 Å². The molecule has 1 aliphatic heterocycles. The minimum absolute atomic E-state index is 0.105. The van der Waals surface area contributed by atoms with Crippen molar-refractivity contribution in [2.75, 3.05) is 16.8 Å². The summed E-state index contributed by atoms with van der Waals surface area (Å²) in [6.07, 6.45) is 1.14. The number of nitrogens with one attached hydrogen (secondary N) is 1. The molecule has 0 radical (unpaired) electrons. The zero-order chi connectivity index (χ0) is 12.5. The van der Waals surface area contributed by atoms with Crippen LogP contribution in [0, 0.1) is 5.95 Å². The summed E-state index contributed by atoms with van der Waals surface area (Å²) in [5.41, 5.74) is 1.47. The number of para-hydroxylation sites is 2. The van der Waals surface area contributed by atoms with Crippen molar-refractivity contribution < 1.29 is 9.18 Å². The Morgan fingerprint density at radius 2 is 2.11 bits per heavy atom. The first-order chi connectivity index (χ1) is 8.74. The number of hydrogen-bond acceptors (Lipinski definition) is 4. The number of nitrogens with zero attached hydrogens (tertiary/aromatic N) is 3. The highest BCUT2D eigenvalue weighted by atomic mass is 19.1. The van der Waals surface area contributed by atoms with Gasteiger partial charge < -0.3 is 10.2 Å². The van der Waals surface area contributed by atoms with E-state index < -0.39 is 5.95 Å². The highest BCUT2D eigenvalue weighted by Gasteiger charge is 2.23. The van der Waals surface area contributed by atoms with Crippen LogP contribution in [0.4, 0.5) is 21.6 Å². The minimum Gasteiger partial charge on any atom is -0.323 e. The van der Waals surface area contributed by atoms with Crippen LogP contribution in [0.15, 0.2) is 36.7 Å². The fourth-order valence-corrected chi connectivity index (χ4v) is 1.91. The molecule has 0 atom stereocenters. The van der Waals surface area contributed by atoms with Gasteiger partial charge in [-0.3, -0.25) is 4.79 Å². The van der Waals surface area contributed by atoms with Gasteiger partial charge in [-0.25, -0.2) is 9.97 Å². The Balaban J connectivity index is 2.10. The third kappa shape index (κ3) is 1.77. The second-order valence-electron chi connectivity index (χ2n) is 3.85. The van der Waals surface area contributed by atoms with Gasteiger partial charge in [0.25, 0.3) is 0 Å². The Labute approximate surface area is 102 Å². The number of anilines is 3. The van der Waals surface area contributed by atoms with E-state index in [4.69, 9.17) is 0 Å². The van der Waals surface area contributed by atoms with Crippen molar-refractivity contribution in [3.05, 3.63) is 42.6 Å². The Kier molecular flexibility index (Phi) is 2.40. The maximum Gasteiger partial charge on any atom is 0.244 e. The summed E-state index contributed by atoms with van der Waals surface area (Å²) < 4.78 is 13.1. The number of amides is 1. The molecule has 6 heteroatoms. The normalized spacial score (nSPS) is 14.1. The monoisotopic (exact) mass is 244 g/mol. The van der Waals surface area contributed by atoms with Crippen LogP contribution in [0.1, 0.15) is 0 Å². The van der Waals surface area contributed by atoms with E-state index in [9.17, 15) is 9.18 Å². The van der Waals surface area contributed by atoms with Crippen LogP contribution in [0.3, 0.4) is 0 Å². The molecule has 0 bridgehead atoms. The lowest BCUT2D eigenvalue weighted by Gasteiger charge is -2.29. The predicted molar refractivity (Wildman–Crippen MR) is 64.1 cm³/mol. The molecule has 1 aromatic heterocycles. The van der Waals surface area contributed by atoms with E-state index in [-0.39, 0.29) is 12.5 Å². The van der Waals surface area contributed by atoms with Gasteiger partial charge in [0.15, 0.2) is 0 Å². The van der Waals surface area contributed by atoms with E-state index in [1.807, 2.05) is 18.2 Å². The lowest BCUT2D eigenvalue weighted by molar-refractivity contribution is -0.115. The Hall–Kier alpha value is -2.50. The van der Waals surface area contributed by atoms with Crippen LogP contribution >= 0.6 is 0 Å². The van der Waals surface area contributed by atoms with Crippen molar-refractivity contribution in [1.29, 1.82) is 0 Å². The van der Waals surface area contributed by atoms with Gasteiger partial charge in [0.1, 0.15) is 18.7 Å². The van der Waals surface area contributed by atoms with Gasteiger partial charge >= 0.3 is 0 Å². The number of rotatable bonds is 1. The summed E-state index contributed by atoms with van der Waals surface area (Å²) in [4.78, 5) is 20.7. The van der Waals surface area contributed by atoms with Crippen molar-refractivity contribution in [2.24, 2.45) is 0 Å². The second-order valence-corrected chi connectivity index (χ2v) is 3.85. The van der Waals surface area contributed by atoms with E-state index in [1.165, 1.54) is 6.07 Å². The predicted octanol–water partition coefficient (Wildman–Crippen LogP) is 1.71. The highest BCUT2D eigenvalue weighted by molar-refractivity contribution is 6.02. The molecule has 0 spiro atoms. The summed E-state index contributed by atoms with van der Waals surface area (Å²) in [6.45, 7) is 0.105. The molecule has 0 saturated carbocycles. The van der Waals surface area contributed by atoms with E-state index in [0.717, 1.165) is 12.0 Å². The highest BCUT2D eigenvalue weighted by Crippen LogP contribution is 2.33. The number of aromatic nitrogens is 2. The van der Waals surface area contributed by atoms with Gasteiger partial charge in [-0.1, -0.05) is 12.1 Å². The van der Waals surface area contributed by atoms with E-state index >= 15 is 0 Å². The summed E-state index contributed by atoms with van der Waals surface area (Å²) in [5, 5.41) is 2.76. The molecule has 1 aliphatic rings. The minimum atomic E-state index is -0.622. The summed E-state index contributed by atoms with van der Waals surface area (Å²) in [6, 6.07) is 8.51. The zero-order valence-corrected chi connectivity index (χ0v) is 9.30. The SMILES string of the molecule is O=C1CN(c2cc(F)ncn2)c2ccccc2N1. The first-order valence-corrected chi connectivity index (χ1v) is 5.38. The number of halogens is 1. The molecule has 1 amide bonds. The van der Waals surface area contributed by atoms with Crippen molar-refractivity contribution >= 4 is 23.1 Å². The van der Waals surface area contributed by atoms with Crippen LogP contribution in [0.2, 0.25) is 0 Å². The van der Waals surface area contributed by atoms with Gasteiger partial charge in [-0.05, 0) is 12.1 Å². The molecule has 5 nitrogen and oxygen atoms in total. The fourth-order valence-electron chi connectivity index (χ4n) is 1.91. The van der Waals surface area contributed by atoms with E-state index in [1.54, 1.807) is 11.0 Å². The molecule has 0 fully saturated rings. The van der Waals surface area contributed by atoms with Gasteiger partial charge in [-0.15, -0.1) is 0 Å². The summed E-state index contributed by atoms with van der Waals surface area (Å²) >= 11 is 0. The third-order valence-corrected chi connectivity index (χ3v) is 2.67. The van der Waals surface area contributed by atoms with Crippen LogP contribution in [-0.4, -0.2) is 22.4 Å². The van der Waals surface area contributed by atoms with E-state index in [2.05, 4.69) is 15.3 Å². The number of benzene rings is 1. The number of fused-ring (bicyclic) bond motifs is 1. The van der Waals surface area contributed by atoms with Gasteiger partial charge in [-0.2, -0.15) is 4.39 Å². The van der Waals surface area contributed by atoms with E-state index in [0.29, 0.717) is 11.5 Å². The maximum absolute atomic E-state index is 13.1. The molecule has 2 aromatic rings. The maximum atomic E-state index is 13.1. The molecule has 1 aromatic carbocycles. The molecule has 90 valence electrons. The third-order valence-electron chi connectivity index (χ3n) is 2.67. The second kappa shape index (κ2) is 4.06. The molecule has 0 aliphatic carbocycles. The molecule has 3 rings (SSSR count). The van der Waals surface area contributed by atoms with Crippen molar-refractivity contribution in [3.8, 4) is 0 Å². The fraction of sp³-hybridized carbons (Fsp3) is 0.0833. The number of hydrogen-bond donors (Lipinski definition) is 1. The molecular formula is C12H9FN4O. The molecular weight excluding hydrogens is 235 g/mol. The summed E-state index contributed by atoms with van der Waals surface area (Å²) in [5.74, 6) is -0.416. The van der Waals surface area contributed by atoms with Crippen molar-refractivity contribution in [2.45, 2.75) is 0 Å². The van der Waals surface area contributed by atoms with Crippen molar-refractivity contribution in [1.82, 2.24) is 9.97 Å². The lowest BCUT2D eigenvalue weighted by atomic mass is 10.2. The number of carbonyl (C=O) groups is 1. The molecule has 0 unspecified atom stereocenters. The first-order valence-electron chi connectivity index (χ1n) is 5.38. The standard InChI is InChI=1S/C12H9FN4O/c13-10-5-11(15-7-14-10)17-6-12(18)16-8-3-1-2-4-9(8)17/h1-5,7H,6H2,(H,16,18). The van der Waals surface area contributed by atoms with Crippen LogP contribution < -0.4 is 10.2 Å². The molecule has 0 saturated heterocycles. The van der Waals surface area contributed by atoms with Crippen molar-refractivity contribution in [3.63, 3.8) is 0 Å². The first kappa shape index (κ1) is 10.6. The molecule has 1 N–H and O–H groups in total. The molecule has 18 heavy (non-hydrogen) atoms. The van der Waals surface area contributed by atoms with Crippen LogP contribution in [0.5, 0.6) is 0 Å². The van der Waals surface area contributed by atoms with Crippen LogP contribution in [-0.2, 0) is 4.79 Å².